The van der Waals surface area contributed by atoms with E-state index in [2.05, 4.69) is 11.8 Å². The molecule has 2 N–H and O–H groups in total. The van der Waals surface area contributed by atoms with Crippen LogP contribution in [0.4, 0.5) is 0 Å². The number of likely N-dealkylation sites (tertiary alicyclic amines) is 1. The van der Waals surface area contributed by atoms with Gasteiger partial charge < -0.3 is 5.73 Å². The Labute approximate surface area is 132 Å². The van der Waals surface area contributed by atoms with Crippen molar-refractivity contribution in [2.45, 2.75) is 102 Å². The van der Waals surface area contributed by atoms with Crippen LogP contribution in [-0.2, 0) is 0 Å². The summed E-state index contributed by atoms with van der Waals surface area (Å²) in [6, 6.07) is 1.62. The summed E-state index contributed by atoms with van der Waals surface area (Å²) in [4.78, 5) is 2.84. The van der Waals surface area contributed by atoms with Crippen molar-refractivity contribution in [3.05, 3.63) is 0 Å². The number of piperidine rings is 1. The maximum absolute atomic E-state index is 5.95. The third kappa shape index (κ3) is 5.90. The van der Waals surface area contributed by atoms with Gasteiger partial charge in [0.05, 0.1) is 0 Å². The van der Waals surface area contributed by atoms with Crippen molar-refractivity contribution in [1.82, 2.24) is 4.90 Å². The van der Waals surface area contributed by atoms with Gasteiger partial charge in [-0.1, -0.05) is 57.8 Å². The van der Waals surface area contributed by atoms with E-state index in [4.69, 9.17) is 5.73 Å². The van der Waals surface area contributed by atoms with Gasteiger partial charge in [-0.2, -0.15) is 0 Å². The summed E-state index contributed by atoms with van der Waals surface area (Å²) in [6.07, 6.45) is 18.7. The number of hydrogen-bond acceptors (Lipinski definition) is 2. The van der Waals surface area contributed by atoms with Gasteiger partial charge in [0.1, 0.15) is 0 Å². The average molecular weight is 295 g/mol. The molecule has 2 fully saturated rings. The topological polar surface area (TPSA) is 29.3 Å². The summed E-state index contributed by atoms with van der Waals surface area (Å²) in [7, 11) is 0. The molecular formula is C19H38N2. The SMILES string of the molecule is CC1CCC(CN)CN1C1CCCCCCCCCCC1. The number of nitrogens with zero attached hydrogens (tertiary/aromatic N) is 1. The van der Waals surface area contributed by atoms with Crippen LogP contribution in [0.2, 0.25) is 0 Å². The standard InChI is InChI=1S/C19H38N2/c1-17-13-14-18(15-20)16-21(17)19-11-9-7-5-3-2-4-6-8-10-12-19/h17-19H,2-16,20H2,1H3. The number of hydrogen-bond donors (Lipinski definition) is 1. The summed E-state index contributed by atoms with van der Waals surface area (Å²) in [5.41, 5.74) is 5.95. The lowest BCUT2D eigenvalue weighted by atomic mass is 9.89. The second-order valence-electron chi connectivity index (χ2n) is 7.64. The van der Waals surface area contributed by atoms with E-state index in [1.54, 1.807) is 0 Å². The monoisotopic (exact) mass is 294 g/mol. The van der Waals surface area contributed by atoms with Crippen LogP contribution in [0.25, 0.3) is 0 Å². The smallest absolute Gasteiger partial charge is 0.00982 e. The van der Waals surface area contributed by atoms with Crippen molar-refractivity contribution in [2.24, 2.45) is 11.7 Å². The Morgan fingerprint density at radius 3 is 1.81 bits per heavy atom. The van der Waals surface area contributed by atoms with E-state index >= 15 is 0 Å². The molecule has 2 unspecified atom stereocenters. The molecule has 1 saturated carbocycles. The van der Waals surface area contributed by atoms with Crippen LogP contribution >= 0.6 is 0 Å². The van der Waals surface area contributed by atoms with Gasteiger partial charge in [-0.05, 0) is 45.1 Å². The largest absolute Gasteiger partial charge is 0.330 e. The van der Waals surface area contributed by atoms with Crippen molar-refractivity contribution >= 4 is 0 Å². The summed E-state index contributed by atoms with van der Waals surface area (Å²) in [5, 5.41) is 0. The highest BCUT2D eigenvalue weighted by atomic mass is 15.2. The van der Waals surface area contributed by atoms with Gasteiger partial charge >= 0.3 is 0 Å². The predicted molar refractivity (Wildman–Crippen MR) is 92.5 cm³/mol. The highest BCUT2D eigenvalue weighted by molar-refractivity contribution is 4.84. The number of rotatable bonds is 2. The van der Waals surface area contributed by atoms with Gasteiger partial charge in [-0.25, -0.2) is 0 Å². The van der Waals surface area contributed by atoms with Crippen molar-refractivity contribution in [2.75, 3.05) is 13.1 Å². The molecule has 1 heterocycles. The summed E-state index contributed by atoms with van der Waals surface area (Å²) >= 11 is 0. The van der Waals surface area contributed by atoms with Gasteiger partial charge in [0, 0.05) is 18.6 Å². The molecule has 124 valence electrons. The fraction of sp³-hybridized carbons (Fsp3) is 1.00. The van der Waals surface area contributed by atoms with Crippen molar-refractivity contribution in [1.29, 1.82) is 0 Å². The molecule has 21 heavy (non-hydrogen) atoms. The minimum absolute atomic E-state index is 0.752. The van der Waals surface area contributed by atoms with Crippen molar-refractivity contribution in [3.63, 3.8) is 0 Å². The molecule has 2 atom stereocenters. The van der Waals surface area contributed by atoms with Crippen molar-refractivity contribution in [3.8, 4) is 0 Å². The van der Waals surface area contributed by atoms with Crippen LogP contribution in [0, 0.1) is 5.92 Å². The van der Waals surface area contributed by atoms with Gasteiger partial charge in [-0.15, -0.1) is 0 Å². The predicted octanol–water partition coefficient (Wildman–Crippen LogP) is 4.72. The molecule has 2 heteroatoms. The zero-order chi connectivity index (χ0) is 14.9. The molecule has 2 aliphatic rings. The maximum atomic E-state index is 5.95. The highest BCUT2D eigenvalue weighted by Crippen LogP contribution is 2.28. The van der Waals surface area contributed by atoms with E-state index in [1.807, 2.05) is 0 Å². The Kier molecular flexibility index (Phi) is 8.10. The van der Waals surface area contributed by atoms with Crippen LogP contribution in [0.5, 0.6) is 0 Å². The van der Waals surface area contributed by atoms with Gasteiger partial charge in [0.25, 0.3) is 0 Å². The molecule has 0 amide bonds. The molecule has 0 spiro atoms. The molecule has 0 aromatic carbocycles. The molecule has 2 rings (SSSR count). The zero-order valence-corrected chi connectivity index (χ0v) is 14.4. The van der Waals surface area contributed by atoms with E-state index in [0.717, 1.165) is 24.5 Å². The highest BCUT2D eigenvalue weighted by Gasteiger charge is 2.29. The minimum Gasteiger partial charge on any atom is -0.330 e. The van der Waals surface area contributed by atoms with E-state index in [9.17, 15) is 0 Å². The van der Waals surface area contributed by atoms with Crippen LogP contribution in [0.15, 0.2) is 0 Å². The molecule has 0 bridgehead atoms. The van der Waals surface area contributed by atoms with Gasteiger partial charge in [-0.3, -0.25) is 4.90 Å². The molecule has 1 aliphatic heterocycles. The first-order valence-electron chi connectivity index (χ1n) is 9.77. The lowest BCUT2D eigenvalue weighted by Gasteiger charge is -2.43. The third-order valence-electron chi connectivity index (χ3n) is 5.90. The van der Waals surface area contributed by atoms with E-state index < -0.39 is 0 Å². The molecule has 1 aliphatic carbocycles. The second-order valence-corrected chi connectivity index (χ2v) is 7.64. The Bertz CT molecular complexity index is 254. The molecule has 0 aromatic rings. The average Bonchev–Trinajstić information content (AvgIpc) is 2.49. The number of nitrogens with two attached hydrogens (primary N) is 1. The first-order valence-corrected chi connectivity index (χ1v) is 9.77. The summed E-state index contributed by atoms with van der Waals surface area (Å²) < 4.78 is 0. The van der Waals surface area contributed by atoms with E-state index in [0.29, 0.717) is 0 Å². The lowest BCUT2D eigenvalue weighted by molar-refractivity contribution is 0.0623. The summed E-state index contributed by atoms with van der Waals surface area (Å²) in [6.45, 7) is 4.60. The van der Waals surface area contributed by atoms with E-state index in [1.165, 1.54) is 90.0 Å². The summed E-state index contributed by atoms with van der Waals surface area (Å²) in [5.74, 6) is 0.752. The lowest BCUT2D eigenvalue weighted by Crippen LogP contribution is -2.49. The Balaban J connectivity index is 1.88. The van der Waals surface area contributed by atoms with Crippen LogP contribution < -0.4 is 5.73 Å². The Hall–Kier alpha value is -0.0800. The van der Waals surface area contributed by atoms with Crippen LogP contribution in [0.1, 0.15) is 90.4 Å². The molecular weight excluding hydrogens is 256 g/mol. The molecule has 0 aromatic heterocycles. The third-order valence-corrected chi connectivity index (χ3v) is 5.90. The Morgan fingerprint density at radius 1 is 0.762 bits per heavy atom. The minimum atomic E-state index is 0.752. The Morgan fingerprint density at radius 2 is 1.29 bits per heavy atom. The molecule has 1 saturated heterocycles. The van der Waals surface area contributed by atoms with Crippen LogP contribution in [0.3, 0.4) is 0 Å². The quantitative estimate of drug-likeness (QED) is 0.798. The van der Waals surface area contributed by atoms with Crippen LogP contribution in [-0.4, -0.2) is 30.1 Å². The normalized spacial score (nSPS) is 32.3. The van der Waals surface area contributed by atoms with Gasteiger partial charge in [0.15, 0.2) is 0 Å². The van der Waals surface area contributed by atoms with E-state index in [-0.39, 0.29) is 0 Å². The van der Waals surface area contributed by atoms with Gasteiger partial charge in [0.2, 0.25) is 0 Å². The zero-order valence-electron chi connectivity index (χ0n) is 14.4. The first kappa shape index (κ1) is 17.3. The van der Waals surface area contributed by atoms with Crippen molar-refractivity contribution < 1.29 is 0 Å². The first-order chi connectivity index (χ1) is 10.3. The second kappa shape index (κ2) is 9.84. The fourth-order valence-electron chi connectivity index (χ4n) is 4.39. The molecule has 0 radical (unpaired) electrons. The fourth-order valence-corrected chi connectivity index (χ4v) is 4.39. The maximum Gasteiger partial charge on any atom is 0.00982 e. The molecule has 2 nitrogen and oxygen atoms in total.